The van der Waals surface area contributed by atoms with Crippen molar-refractivity contribution in [1.29, 1.82) is 0 Å². The summed E-state index contributed by atoms with van der Waals surface area (Å²) in [7, 11) is 0. The average Bonchev–Trinajstić information content (AvgIpc) is 2.64. The van der Waals surface area contributed by atoms with Crippen LogP contribution in [0.15, 0.2) is 10.5 Å². The molecule has 6 heteroatoms. The molecule has 0 saturated carbocycles. The Morgan fingerprint density at radius 1 is 1.47 bits per heavy atom. The molecule has 0 spiro atoms. The van der Waals surface area contributed by atoms with E-state index in [0.29, 0.717) is 18.7 Å². The molecule has 1 saturated heterocycles. The van der Waals surface area contributed by atoms with Crippen molar-refractivity contribution in [1.82, 2.24) is 10.3 Å². The molecule has 6 nitrogen and oxygen atoms in total. The Bertz CT molecular complexity index is 481. The van der Waals surface area contributed by atoms with Crippen LogP contribution < -0.4 is 11.3 Å². The van der Waals surface area contributed by atoms with Gasteiger partial charge in [-0.25, -0.2) is 5.84 Å². The van der Waals surface area contributed by atoms with Crippen LogP contribution in [0.3, 0.4) is 0 Å². The van der Waals surface area contributed by atoms with Crippen LogP contribution in [-0.2, 0) is 11.3 Å². The number of nitrogen functional groups attached to an aromatic ring is 1. The van der Waals surface area contributed by atoms with Crippen LogP contribution in [0.1, 0.15) is 47.6 Å². The number of amides is 2. The maximum absolute atomic E-state index is 11.9. The maximum atomic E-state index is 11.9. The van der Waals surface area contributed by atoms with Gasteiger partial charge >= 0.3 is 5.91 Å². The second-order valence-corrected chi connectivity index (χ2v) is 4.79. The Kier molecular flexibility index (Phi) is 4.21. The molecular formula is C13H19N3O3. The summed E-state index contributed by atoms with van der Waals surface area (Å²) in [5, 5.41) is 0. The summed E-state index contributed by atoms with van der Waals surface area (Å²) < 4.78 is 5.35. The number of nitrogens with two attached hydrogens (primary N) is 1. The summed E-state index contributed by atoms with van der Waals surface area (Å²) in [6.45, 7) is 3.04. The van der Waals surface area contributed by atoms with E-state index >= 15 is 0 Å². The predicted octanol–water partition coefficient (Wildman–Crippen LogP) is 1.09. The van der Waals surface area contributed by atoms with Crippen molar-refractivity contribution in [3.8, 4) is 0 Å². The van der Waals surface area contributed by atoms with Crippen LogP contribution in [0.5, 0.6) is 0 Å². The molecule has 1 aromatic rings. The van der Waals surface area contributed by atoms with Gasteiger partial charge in [-0.3, -0.25) is 15.0 Å². The average molecular weight is 265 g/mol. The summed E-state index contributed by atoms with van der Waals surface area (Å²) in [5.41, 5.74) is 2.89. The molecule has 2 rings (SSSR count). The number of hydrazine groups is 1. The van der Waals surface area contributed by atoms with Gasteiger partial charge in [0.2, 0.25) is 5.91 Å². The first-order valence-corrected chi connectivity index (χ1v) is 6.50. The smallest absolute Gasteiger partial charge is 0.300 e. The lowest BCUT2D eigenvalue weighted by Crippen LogP contribution is -2.30. The number of hydrogen-bond donors (Lipinski definition) is 2. The third-order valence-corrected chi connectivity index (χ3v) is 3.41. The molecule has 1 fully saturated rings. The minimum absolute atomic E-state index is 0.169. The van der Waals surface area contributed by atoms with Gasteiger partial charge in [0, 0.05) is 25.1 Å². The first-order valence-electron chi connectivity index (χ1n) is 6.50. The molecule has 1 aliphatic heterocycles. The number of carbonyl (C=O) groups is 2. The van der Waals surface area contributed by atoms with Crippen LogP contribution in [0.25, 0.3) is 0 Å². The van der Waals surface area contributed by atoms with E-state index in [1.165, 1.54) is 0 Å². The predicted molar refractivity (Wildman–Crippen MR) is 69.0 cm³/mol. The van der Waals surface area contributed by atoms with E-state index in [1.54, 1.807) is 13.0 Å². The number of carbonyl (C=O) groups excluding carboxylic acids is 2. The molecule has 3 N–H and O–H groups in total. The van der Waals surface area contributed by atoms with Crippen molar-refractivity contribution in [2.45, 2.75) is 39.2 Å². The minimum atomic E-state index is -0.462. The lowest BCUT2D eigenvalue weighted by atomic mass is 10.2. The number of nitrogens with zero attached hydrogens (tertiary/aromatic N) is 1. The lowest BCUT2D eigenvalue weighted by Gasteiger charge is -2.19. The molecule has 0 radical (unpaired) electrons. The van der Waals surface area contributed by atoms with Gasteiger partial charge < -0.3 is 9.32 Å². The first kappa shape index (κ1) is 13.6. The normalized spacial score (nSPS) is 16.3. The molecule has 1 aromatic heterocycles. The van der Waals surface area contributed by atoms with E-state index in [-0.39, 0.29) is 11.7 Å². The fraction of sp³-hybridized carbons (Fsp3) is 0.538. The molecule has 104 valence electrons. The largest absolute Gasteiger partial charge is 0.456 e. The number of rotatable bonds is 3. The quantitative estimate of drug-likeness (QED) is 0.486. The highest BCUT2D eigenvalue weighted by atomic mass is 16.4. The van der Waals surface area contributed by atoms with Gasteiger partial charge in [-0.1, -0.05) is 6.42 Å². The minimum Gasteiger partial charge on any atom is -0.456 e. The molecule has 2 amide bonds. The fourth-order valence-electron chi connectivity index (χ4n) is 2.27. The molecule has 2 heterocycles. The van der Waals surface area contributed by atoms with Gasteiger partial charge in [-0.15, -0.1) is 0 Å². The number of aryl methyl sites for hydroxylation is 1. The van der Waals surface area contributed by atoms with Crippen molar-refractivity contribution in [3.63, 3.8) is 0 Å². The van der Waals surface area contributed by atoms with E-state index in [2.05, 4.69) is 0 Å². The Balaban J connectivity index is 2.11. The SMILES string of the molecule is Cc1oc(C(=O)NN)cc1CN1CCCCCC1=O. The number of likely N-dealkylation sites (tertiary alicyclic amines) is 1. The van der Waals surface area contributed by atoms with Gasteiger partial charge in [0.1, 0.15) is 5.76 Å². The van der Waals surface area contributed by atoms with E-state index in [1.807, 2.05) is 10.3 Å². The zero-order valence-electron chi connectivity index (χ0n) is 11.1. The maximum Gasteiger partial charge on any atom is 0.300 e. The number of furan rings is 1. The Hall–Kier alpha value is -1.82. The molecule has 0 aliphatic carbocycles. The second-order valence-electron chi connectivity index (χ2n) is 4.79. The highest BCUT2D eigenvalue weighted by Crippen LogP contribution is 2.19. The third kappa shape index (κ3) is 3.14. The van der Waals surface area contributed by atoms with Crippen LogP contribution in [-0.4, -0.2) is 23.3 Å². The van der Waals surface area contributed by atoms with Gasteiger partial charge in [0.25, 0.3) is 0 Å². The highest BCUT2D eigenvalue weighted by molar-refractivity contribution is 5.91. The molecular weight excluding hydrogens is 246 g/mol. The van der Waals surface area contributed by atoms with Crippen LogP contribution in [0.4, 0.5) is 0 Å². The van der Waals surface area contributed by atoms with Crippen LogP contribution in [0, 0.1) is 6.92 Å². The van der Waals surface area contributed by atoms with Crippen LogP contribution in [0.2, 0.25) is 0 Å². The van der Waals surface area contributed by atoms with Gasteiger partial charge in [0.15, 0.2) is 5.76 Å². The van der Waals surface area contributed by atoms with Crippen molar-refractivity contribution in [2.75, 3.05) is 6.54 Å². The van der Waals surface area contributed by atoms with Gasteiger partial charge in [-0.2, -0.15) is 0 Å². The topological polar surface area (TPSA) is 88.6 Å². The Morgan fingerprint density at radius 2 is 2.26 bits per heavy atom. The second kappa shape index (κ2) is 5.88. The van der Waals surface area contributed by atoms with Crippen molar-refractivity contribution >= 4 is 11.8 Å². The number of nitrogens with one attached hydrogen (secondary N) is 1. The molecule has 0 unspecified atom stereocenters. The van der Waals surface area contributed by atoms with Crippen molar-refractivity contribution < 1.29 is 14.0 Å². The van der Waals surface area contributed by atoms with E-state index < -0.39 is 5.91 Å². The summed E-state index contributed by atoms with van der Waals surface area (Å²) in [5.74, 6) is 5.60. The van der Waals surface area contributed by atoms with Crippen LogP contribution >= 0.6 is 0 Å². The molecule has 0 aromatic carbocycles. The standard InChI is InChI=1S/C13H19N3O3/c1-9-10(7-11(19-9)13(18)15-14)8-16-6-4-2-3-5-12(16)17/h7H,2-6,8,14H2,1H3,(H,15,18). The van der Waals surface area contributed by atoms with Crippen molar-refractivity contribution in [2.24, 2.45) is 5.84 Å². The lowest BCUT2D eigenvalue weighted by molar-refractivity contribution is -0.131. The molecule has 19 heavy (non-hydrogen) atoms. The Morgan fingerprint density at radius 3 is 3.00 bits per heavy atom. The van der Waals surface area contributed by atoms with E-state index in [9.17, 15) is 9.59 Å². The van der Waals surface area contributed by atoms with E-state index in [4.69, 9.17) is 10.3 Å². The van der Waals surface area contributed by atoms with E-state index in [0.717, 1.165) is 31.4 Å². The summed E-state index contributed by atoms with van der Waals surface area (Å²) in [6.07, 6.45) is 3.68. The molecule has 0 bridgehead atoms. The molecule has 0 atom stereocenters. The monoisotopic (exact) mass is 265 g/mol. The summed E-state index contributed by atoms with van der Waals surface area (Å²) in [6, 6.07) is 1.65. The van der Waals surface area contributed by atoms with Crippen molar-refractivity contribution in [3.05, 3.63) is 23.2 Å². The first-order chi connectivity index (χ1) is 9.11. The van der Waals surface area contributed by atoms with Gasteiger partial charge in [0.05, 0.1) is 0 Å². The zero-order valence-corrected chi connectivity index (χ0v) is 11.1. The summed E-state index contributed by atoms with van der Waals surface area (Å²) in [4.78, 5) is 25.1. The Labute approximate surface area is 111 Å². The van der Waals surface area contributed by atoms with Gasteiger partial charge in [-0.05, 0) is 25.8 Å². The fourth-order valence-corrected chi connectivity index (χ4v) is 2.27. The zero-order chi connectivity index (χ0) is 13.8. The number of hydrogen-bond acceptors (Lipinski definition) is 4. The highest BCUT2D eigenvalue weighted by Gasteiger charge is 2.20. The summed E-state index contributed by atoms with van der Waals surface area (Å²) >= 11 is 0. The third-order valence-electron chi connectivity index (χ3n) is 3.41. The molecule has 1 aliphatic rings.